The Bertz CT molecular complexity index is 1120. The van der Waals surface area contributed by atoms with E-state index in [2.05, 4.69) is 17.4 Å². The Morgan fingerprint density at radius 2 is 1.58 bits per heavy atom. The molecule has 0 aliphatic heterocycles. The molecule has 7 heteroatoms. The molecule has 0 saturated heterocycles. The Morgan fingerprint density at radius 3 is 2.19 bits per heavy atom. The van der Waals surface area contributed by atoms with Gasteiger partial charge >= 0.3 is 0 Å². The second-order valence-electron chi connectivity index (χ2n) is 7.37. The lowest BCUT2D eigenvalue weighted by Crippen LogP contribution is -2.33. The average Bonchev–Trinajstić information content (AvgIpc) is 2.78. The number of sulfonamides is 1. The molecule has 0 saturated carbocycles. The molecule has 3 rings (SSSR count). The molecule has 162 valence electrons. The summed E-state index contributed by atoms with van der Waals surface area (Å²) in [6.45, 7) is 1.97. The van der Waals surface area contributed by atoms with Crippen molar-refractivity contribution in [2.75, 3.05) is 11.4 Å². The lowest BCUT2D eigenvalue weighted by molar-refractivity contribution is 0.0938. The van der Waals surface area contributed by atoms with Crippen molar-refractivity contribution in [2.24, 2.45) is 0 Å². The van der Waals surface area contributed by atoms with Gasteiger partial charge in [0.2, 0.25) is 0 Å². The van der Waals surface area contributed by atoms with Gasteiger partial charge in [-0.15, -0.1) is 0 Å². The molecule has 0 spiro atoms. The Kier molecular flexibility index (Phi) is 7.36. The summed E-state index contributed by atoms with van der Waals surface area (Å²) in [5.41, 5.74) is 2.18. The Balaban J connectivity index is 1.62. The predicted molar refractivity (Wildman–Crippen MR) is 125 cm³/mol. The summed E-state index contributed by atoms with van der Waals surface area (Å²) >= 11 is 5.85. The first-order valence-corrected chi connectivity index (χ1v) is 11.8. The van der Waals surface area contributed by atoms with Crippen LogP contribution in [-0.2, 0) is 16.4 Å². The summed E-state index contributed by atoms with van der Waals surface area (Å²) in [4.78, 5) is 12.7. The van der Waals surface area contributed by atoms with E-state index in [4.69, 9.17) is 11.6 Å². The summed E-state index contributed by atoms with van der Waals surface area (Å²) in [6.07, 6.45) is 1.71. The van der Waals surface area contributed by atoms with Gasteiger partial charge in [0.15, 0.2) is 0 Å². The Hall–Kier alpha value is -2.83. The van der Waals surface area contributed by atoms with Crippen LogP contribution in [0.5, 0.6) is 0 Å². The third-order valence-corrected chi connectivity index (χ3v) is 7.10. The molecule has 0 aliphatic carbocycles. The van der Waals surface area contributed by atoms with Crippen LogP contribution in [-0.4, -0.2) is 27.4 Å². The summed E-state index contributed by atoms with van der Waals surface area (Å²) < 4.78 is 26.8. The fraction of sp³-hybridized carbons (Fsp3) is 0.208. The highest BCUT2D eigenvalue weighted by Crippen LogP contribution is 2.23. The number of carbonyl (C=O) groups is 1. The van der Waals surface area contributed by atoms with Gasteiger partial charge in [-0.25, -0.2) is 8.42 Å². The molecule has 1 amide bonds. The molecule has 3 aromatic rings. The smallest absolute Gasteiger partial charge is 0.264 e. The van der Waals surface area contributed by atoms with Crippen molar-refractivity contribution in [3.8, 4) is 0 Å². The number of halogens is 1. The molecule has 1 N–H and O–H groups in total. The average molecular weight is 457 g/mol. The quantitative estimate of drug-likeness (QED) is 0.523. The van der Waals surface area contributed by atoms with Gasteiger partial charge in [-0.05, 0) is 73.9 Å². The second kappa shape index (κ2) is 9.98. The number of nitrogens with zero attached hydrogens (tertiary/aromatic N) is 1. The molecule has 3 aromatic carbocycles. The van der Waals surface area contributed by atoms with Crippen molar-refractivity contribution in [2.45, 2.75) is 30.7 Å². The third kappa shape index (κ3) is 5.87. The molecule has 0 heterocycles. The maximum Gasteiger partial charge on any atom is 0.264 e. The van der Waals surface area contributed by atoms with Crippen LogP contribution in [0.4, 0.5) is 5.69 Å². The van der Waals surface area contributed by atoms with Crippen LogP contribution in [0.25, 0.3) is 0 Å². The molecule has 31 heavy (non-hydrogen) atoms. The van der Waals surface area contributed by atoms with Crippen molar-refractivity contribution in [3.05, 3.63) is 95.0 Å². The van der Waals surface area contributed by atoms with E-state index in [0.717, 1.165) is 12.8 Å². The molecule has 0 aromatic heterocycles. The van der Waals surface area contributed by atoms with E-state index in [-0.39, 0.29) is 16.8 Å². The van der Waals surface area contributed by atoms with E-state index in [1.54, 1.807) is 24.3 Å². The highest BCUT2D eigenvalue weighted by molar-refractivity contribution is 7.92. The number of nitrogens with one attached hydrogen (secondary N) is 1. The number of benzene rings is 3. The minimum absolute atomic E-state index is 0.0142. The largest absolute Gasteiger partial charge is 0.350 e. The molecule has 0 fully saturated rings. The highest BCUT2D eigenvalue weighted by atomic mass is 35.5. The summed E-state index contributed by atoms with van der Waals surface area (Å²) in [7, 11) is -2.24. The van der Waals surface area contributed by atoms with Crippen LogP contribution < -0.4 is 9.62 Å². The lowest BCUT2D eigenvalue weighted by atomic mass is 10.1. The predicted octanol–water partition coefficient (Wildman–Crippen LogP) is 4.92. The zero-order chi connectivity index (χ0) is 22.4. The minimum Gasteiger partial charge on any atom is -0.350 e. The maximum absolute atomic E-state index is 12.8. The van der Waals surface area contributed by atoms with E-state index < -0.39 is 10.0 Å². The zero-order valence-electron chi connectivity index (χ0n) is 17.5. The van der Waals surface area contributed by atoms with Crippen molar-refractivity contribution < 1.29 is 13.2 Å². The topological polar surface area (TPSA) is 66.5 Å². The Labute approximate surface area is 188 Å². The fourth-order valence-corrected chi connectivity index (χ4v) is 4.45. The number of hydrogen-bond donors (Lipinski definition) is 1. The second-order valence-corrected chi connectivity index (χ2v) is 9.78. The first-order chi connectivity index (χ1) is 14.8. The van der Waals surface area contributed by atoms with E-state index in [1.807, 2.05) is 25.1 Å². The number of amides is 1. The molecular formula is C24H25ClN2O3S. The van der Waals surface area contributed by atoms with E-state index >= 15 is 0 Å². The zero-order valence-corrected chi connectivity index (χ0v) is 19.0. The van der Waals surface area contributed by atoms with Crippen molar-refractivity contribution in [1.29, 1.82) is 0 Å². The van der Waals surface area contributed by atoms with Gasteiger partial charge in [0.25, 0.3) is 15.9 Å². The van der Waals surface area contributed by atoms with Gasteiger partial charge in [-0.2, -0.15) is 0 Å². The van der Waals surface area contributed by atoms with Crippen LogP contribution in [0.2, 0.25) is 5.02 Å². The highest BCUT2D eigenvalue weighted by Gasteiger charge is 2.21. The first-order valence-electron chi connectivity index (χ1n) is 9.97. The van der Waals surface area contributed by atoms with Crippen LogP contribution >= 0.6 is 11.6 Å². The molecule has 1 atom stereocenters. The SMILES string of the molecule is C[C@@H](CCc1ccccc1)NC(=O)c1ccc(N(C)S(=O)(=O)c2ccc(Cl)cc2)cc1. The first kappa shape index (κ1) is 22.8. The normalized spacial score (nSPS) is 12.2. The molecular weight excluding hydrogens is 432 g/mol. The van der Waals surface area contributed by atoms with Crippen molar-refractivity contribution in [1.82, 2.24) is 5.32 Å². The van der Waals surface area contributed by atoms with Gasteiger partial charge < -0.3 is 5.32 Å². The fourth-order valence-electron chi connectivity index (χ4n) is 3.13. The van der Waals surface area contributed by atoms with E-state index in [1.165, 1.54) is 41.2 Å². The molecule has 0 aliphatic rings. The van der Waals surface area contributed by atoms with Gasteiger partial charge in [-0.3, -0.25) is 9.10 Å². The third-order valence-electron chi connectivity index (χ3n) is 5.05. The summed E-state index contributed by atoms with van der Waals surface area (Å²) in [5.74, 6) is -0.185. The van der Waals surface area contributed by atoms with Crippen LogP contribution in [0.1, 0.15) is 29.3 Å². The van der Waals surface area contributed by atoms with Crippen LogP contribution in [0.15, 0.2) is 83.8 Å². The van der Waals surface area contributed by atoms with Gasteiger partial charge in [-0.1, -0.05) is 41.9 Å². The molecule has 5 nitrogen and oxygen atoms in total. The van der Waals surface area contributed by atoms with Crippen LogP contribution in [0, 0.1) is 0 Å². The van der Waals surface area contributed by atoms with Crippen LogP contribution in [0.3, 0.4) is 0 Å². The van der Waals surface area contributed by atoms with Crippen molar-refractivity contribution >= 4 is 33.2 Å². The monoisotopic (exact) mass is 456 g/mol. The van der Waals surface area contributed by atoms with E-state index in [0.29, 0.717) is 16.3 Å². The van der Waals surface area contributed by atoms with Gasteiger partial charge in [0.05, 0.1) is 10.6 Å². The summed E-state index contributed by atoms with van der Waals surface area (Å²) in [5, 5.41) is 3.46. The molecule has 0 unspecified atom stereocenters. The summed E-state index contributed by atoms with van der Waals surface area (Å²) in [6, 6.07) is 22.6. The number of aryl methyl sites for hydroxylation is 1. The lowest BCUT2D eigenvalue weighted by Gasteiger charge is -2.20. The number of hydrogen-bond acceptors (Lipinski definition) is 3. The molecule has 0 bridgehead atoms. The standard InChI is InChI=1S/C24H25ClN2O3S/c1-18(8-9-19-6-4-3-5-7-19)26-24(28)20-10-14-22(15-11-20)27(2)31(29,30)23-16-12-21(25)13-17-23/h3-7,10-18H,8-9H2,1-2H3,(H,26,28)/t18-/m0/s1. The Morgan fingerprint density at radius 1 is 0.968 bits per heavy atom. The van der Waals surface area contributed by atoms with Crippen molar-refractivity contribution in [3.63, 3.8) is 0 Å². The number of rotatable bonds is 8. The number of carbonyl (C=O) groups excluding carboxylic acids is 1. The van der Waals surface area contributed by atoms with Gasteiger partial charge in [0.1, 0.15) is 0 Å². The minimum atomic E-state index is -3.72. The number of anilines is 1. The maximum atomic E-state index is 12.8. The van der Waals surface area contributed by atoms with E-state index in [9.17, 15) is 13.2 Å². The molecule has 0 radical (unpaired) electrons. The van der Waals surface area contributed by atoms with Gasteiger partial charge in [0, 0.05) is 23.7 Å².